The lowest BCUT2D eigenvalue weighted by atomic mass is 10.1. The standard InChI is InChI=1S/C24H24ClFN4O5S/c25-18-3-1-2-14(21(18)26)12-28-22(33)23-29(6-9-36-23)20(32)10-15-13-30(24(27)34)19-5-4-16(11-17(15)19)35-8-7-31/h1-5,11,13,23,31H,6-10,12H2,(H2,27,34)(H,28,33)/t23-/m0/s1. The van der Waals surface area contributed by atoms with E-state index < -0.39 is 23.1 Å². The Balaban J connectivity index is 1.50. The zero-order valence-corrected chi connectivity index (χ0v) is 20.7. The summed E-state index contributed by atoms with van der Waals surface area (Å²) in [5.41, 5.74) is 6.80. The first-order chi connectivity index (χ1) is 17.3. The summed E-state index contributed by atoms with van der Waals surface area (Å²) in [7, 11) is 0. The molecule has 3 amide bonds. The van der Waals surface area contributed by atoms with Crippen LogP contribution < -0.4 is 15.8 Å². The Morgan fingerprint density at radius 3 is 2.81 bits per heavy atom. The third-order valence-corrected chi connectivity index (χ3v) is 7.21. The average Bonchev–Trinajstić information content (AvgIpc) is 3.49. The number of primary amides is 1. The van der Waals surface area contributed by atoms with Crippen LogP contribution in [0, 0.1) is 5.82 Å². The van der Waals surface area contributed by atoms with E-state index in [0.717, 1.165) is 0 Å². The Labute approximate surface area is 215 Å². The molecule has 1 fully saturated rings. The molecule has 0 aliphatic carbocycles. The number of rotatable bonds is 8. The zero-order chi connectivity index (χ0) is 25.8. The van der Waals surface area contributed by atoms with Gasteiger partial charge in [-0.1, -0.05) is 23.7 Å². The van der Waals surface area contributed by atoms with Crippen molar-refractivity contribution in [2.75, 3.05) is 25.5 Å². The maximum Gasteiger partial charge on any atom is 0.323 e. The van der Waals surface area contributed by atoms with Gasteiger partial charge in [0.2, 0.25) is 5.91 Å². The molecule has 1 atom stereocenters. The van der Waals surface area contributed by atoms with Crippen molar-refractivity contribution < 1.29 is 28.6 Å². The van der Waals surface area contributed by atoms with E-state index in [2.05, 4.69) is 5.32 Å². The number of carbonyl (C=O) groups is 3. The van der Waals surface area contributed by atoms with E-state index in [1.807, 2.05) is 0 Å². The Kier molecular flexibility index (Phi) is 8.02. The number of hydrogen-bond donors (Lipinski definition) is 3. The summed E-state index contributed by atoms with van der Waals surface area (Å²) in [6, 6.07) is 8.81. The molecule has 1 aliphatic rings. The van der Waals surface area contributed by atoms with E-state index in [1.54, 1.807) is 24.3 Å². The minimum Gasteiger partial charge on any atom is -0.491 e. The number of halogens is 2. The molecule has 4 rings (SSSR count). The first-order valence-electron chi connectivity index (χ1n) is 11.1. The van der Waals surface area contributed by atoms with Gasteiger partial charge in [-0.3, -0.25) is 14.2 Å². The van der Waals surface area contributed by atoms with Crippen LogP contribution in [0.25, 0.3) is 10.9 Å². The topological polar surface area (TPSA) is 127 Å². The van der Waals surface area contributed by atoms with Crippen LogP contribution in [-0.4, -0.2) is 63.3 Å². The molecule has 1 aliphatic heterocycles. The van der Waals surface area contributed by atoms with Crippen molar-refractivity contribution >= 4 is 52.1 Å². The number of benzene rings is 2. The van der Waals surface area contributed by atoms with Crippen molar-refractivity contribution in [2.45, 2.75) is 18.3 Å². The fourth-order valence-electron chi connectivity index (χ4n) is 4.02. The molecule has 0 saturated carbocycles. The molecular formula is C24H24ClFN4O5S. The maximum atomic E-state index is 14.2. The van der Waals surface area contributed by atoms with Crippen molar-refractivity contribution in [3.05, 3.63) is 64.6 Å². The number of nitrogens with two attached hydrogens (primary N) is 1. The molecular weight excluding hydrogens is 511 g/mol. The summed E-state index contributed by atoms with van der Waals surface area (Å²) in [6.07, 6.45) is 1.43. The van der Waals surface area contributed by atoms with Crippen LogP contribution in [0.5, 0.6) is 5.75 Å². The molecule has 3 aromatic rings. The van der Waals surface area contributed by atoms with Crippen LogP contribution >= 0.6 is 23.4 Å². The highest BCUT2D eigenvalue weighted by molar-refractivity contribution is 8.00. The highest BCUT2D eigenvalue weighted by atomic mass is 35.5. The molecule has 2 heterocycles. The number of aliphatic hydroxyl groups is 1. The Morgan fingerprint density at radius 1 is 1.25 bits per heavy atom. The van der Waals surface area contributed by atoms with Crippen molar-refractivity contribution in [3.63, 3.8) is 0 Å². The highest BCUT2D eigenvalue weighted by Gasteiger charge is 2.35. The second kappa shape index (κ2) is 11.2. The van der Waals surface area contributed by atoms with E-state index in [1.165, 1.54) is 39.6 Å². The number of amides is 3. The summed E-state index contributed by atoms with van der Waals surface area (Å²) in [5.74, 6) is -0.282. The molecule has 190 valence electrons. The van der Waals surface area contributed by atoms with Crippen molar-refractivity contribution in [2.24, 2.45) is 5.73 Å². The fraction of sp³-hybridized carbons (Fsp3) is 0.292. The number of nitrogens with one attached hydrogen (secondary N) is 1. The smallest absolute Gasteiger partial charge is 0.323 e. The van der Waals surface area contributed by atoms with Gasteiger partial charge in [0.1, 0.15) is 18.2 Å². The van der Waals surface area contributed by atoms with Gasteiger partial charge in [0.05, 0.1) is 23.6 Å². The molecule has 0 spiro atoms. The molecule has 0 bridgehead atoms. The van der Waals surface area contributed by atoms with Crippen LogP contribution in [0.4, 0.5) is 9.18 Å². The Bertz CT molecular complexity index is 1320. The quantitative estimate of drug-likeness (QED) is 0.407. The minimum atomic E-state index is -0.771. The minimum absolute atomic E-state index is 0.0335. The van der Waals surface area contributed by atoms with Crippen LogP contribution in [0.2, 0.25) is 5.02 Å². The van der Waals surface area contributed by atoms with Crippen LogP contribution in [0.1, 0.15) is 11.1 Å². The molecule has 0 radical (unpaired) electrons. The van der Waals surface area contributed by atoms with Crippen molar-refractivity contribution in [1.82, 2.24) is 14.8 Å². The SMILES string of the molecule is NC(=O)n1cc(CC(=O)N2CCS[C@H]2C(=O)NCc2cccc(Cl)c2F)c2cc(OCCO)ccc21. The number of nitrogens with zero attached hydrogens (tertiary/aromatic N) is 2. The van der Waals surface area contributed by atoms with E-state index in [9.17, 15) is 18.8 Å². The Morgan fingerprint density at radius 2 is 2.06 bits per heavy atom. The van der Waals surface area contributed by atoms with E-state index >= 15 is 0 Å². The lowest BCUT2D eigenvalue weighted by Crippen LogP contribution is -2.45. The van der Waals surface area contributed by atoms with Crippen LogP contribution in [0.15, 0.2) is 42.6 Å². The lowest BCUT2D eigenvalue weighted by Gasteiger charge is -2.23. The van der Waals surface area contributed by atoms with Gasteiger partial charge in [-0.15, -0.1) is 11.8 Å². The van der Waals surface area contributed by atoms with Crippen molar-refractivity contribution in [3.8, 4) is 5.75 Å². The maximum absolute atomic E-state index is 14.2. The molecule has 9 nitrogen and oxygen atoms in total. The number of fused-ring (bicyclic) bond motifs is 1. The predicted molar refractivity (Wildman–Crippen MR) is 134 cm³/mol. The largest absolute Gasteiger partial charge is 0.491 e. The first kappa shape index (κ1) is 25.8. The van der Waals surface area contributed by atoms with Gasteiger partial charge < -0.3 is 25.8 Å². The third kappa shape index (κ3) is 5.43. The summed E-state index contributed by atoms with van der Waals surface area (Å²) < 4.78 is 20.9. The zero-order valence-electron chi connectivity index (χ0n) is 19.1. The van der Waals surface area contributed by atoms with E-state index in [0.29, 0.717) is 34.5 Å². The number of ether oxygens (including phenoxy) is 1. The van der Waals surface area contributed by atoms with Gasteiger partial charge in [-0.25, -0.2) is 9.18 Å². The van der Waals surface area contributed by atoms with Gasteiger partial charge in [0.25, 0.3) is 5.91 Å². The van der Waals surface area contributed by atoms with Crippen LogP contribution in [-0.2, 0) is 22.6 Å². The number of hydrogen-bond acceptors (Lipinski definition) is 6. The molecule has 12 heteroatoms. The summed E-state index contributed by atoms with van der Waals surface area (Å²) in [4.78, 5) is 39.5. The van der Waals surface area contributed by atoms with Gasteiger partial charge in [-0.2, -0.15) is 0 Å². The summed E-state index contributed by atoms with van der Waals surface area (Å²) >= 11 is 7.12. The van der Waals surface area contributed by atoms with Crippen LogP contribution in [0.3, 0.4) is 0 Å². The first-order valence-corrected chi connectivity index (χ1v) is 12.5. The normalized spacial score (nSPS) is 15.3. The fourth-order valence-corrected chi connectivity index (χ4v) is 5.37. The average molecular weight is 535 g/mol. The summed E-state index contributed by atoms with van der Waals surface area (Å²) in [6.45, 7) is 0.238. The molecule has 0 unspecified atom stereocenters. The third-order valence-electron chi connectivity index (χ3n) is 5.72. The predicted octanol–water partition coefficient (Wildman–Crippen LogP) is 2.49. The monoisotopic (exact) mass is 534 g/mol. The molecule has 2 aromatic carbocycles. The molecule has 4 N–H and O–H groups in total. The number of carbonyl (C=O) groups excluding carboxylic acids is 3. The molecule has 36 heavy (non-hydrogen) atoms. The summed E-state index contributed by atoms with van der Waals surface area (Å²) in [5, 5.41) is 11.5. The van der Waals surface area contributed by atoms with Gasteiger partial charge in [0.15, 0.2) is 5.37 Å². The Hall–Kier alpha value is -3.28. The van der Waals surface area contributed by atoms with Gasteiger partial charge >= 0.3 is 6.03 Å². The van der Waals surface area contributed by atoms with E-state index in [-0.39, 0.29) is 42.7 Å². The van der Waals surface area contributed by atoms with Gasteiger partial charge in [-0.05, 0) is 29.8 Å². The van der Waals surface area contributed by atoms with E-state index in [4.69, 9.17) is 27.2 Å². The van der Waals surface area contributed by atoms with Gasteiger partial charge in [0, 0.05) is 36.0 Å². The number of aromatic nitrogens is 1. The number of thioether (sulfide) groups is 1. The second-order valence-electron chi connectivity index (χ2n) is 8.03. The lowest BCUT2D eigenvalue weighted by molar-refractivity contribution is -0.136. The molecule has 1 aromatic heterocycles. The van der Waals surface area contributed by atoms with Crippen molar-refractivity contribution in [1.29, 1.82) is 0 Å². The number of aliphatic hydroxyl groups excluding tert-OH is 1. The highest BCUT2D eigenvalue weighted by Crippen LogP contribution is 2.29. The molecule has 1 saturated heterocycles. The second-order valence-corrected chi connectivity index (χ2v) is 9.63.